The first-order valence-corrected chi connectivity index (χ1v) is 19.0. The molecule has 2 aliphatic carbocycles. The van der Waals surface area contributed by atoms with Gasteiger partial charge in [0.05, 0.1) is 0 Å². The number of hydrogen-bond acceptors (Lipinski definition) is 0. The fourth-order valence-electron chi connectivity index (χ4n) is 5.65. The van der Waals surface area contributed by atoms with E-state index in [1.807, 2.05) is 0 Å². The Kier molecular flexibility index (Phi) is 6.05. The summed E-state index contributed by atoms with van der Waals surface area (Å²) < 4.78 is 0. The van der Waals surface area contributed by atoms with E-state index in [2.05, 4.69) is 92.8 Å². The van der Waals surface area contributed by atoms with E-state index in [0.717, 1.165) is 0 Å². The number of allylic oxidation sites excluding steroid dienone is 1. The zero-order valence-electron chi connectivity index (χ0n) is 16.4. The Bertz CT molecular complexity index is 1040. The van der Waals surface area contributed by atoms with Crippen molar-refractivity contribution in [3.63, 3.8) is 0 Å². The number of halogens is 2. The molecule has 3 atom stereocenters. The summed E-state index contributed by atoms with van der Waals surface area (Å²) >= 11 is -0.826. The molecule has 0 fully saturated rings. The van der Waals surface area contributed by atoms with Crippen LogP contribution >= 0.6 is 17.0 Å². The van der Waals surface area contributed by atoms with Gasteiger partial charge in [-0.25, -0.2) is 0 Å². The van der Waals surface area contributed by atoms with Crippen LogP contribution in [-0.2, 0) is 25.9 Å². The molecule has 3 unspecified atom stereocenters. The van der Waals surface area contributed by atoms with Gasteiger partial charge in [-0.1, -0.05) is 92.8 Å². The van der Waals surface area contributed by atoms with Gasteiger partial charge >= 0.3 is 37.9 Å². The maximum atomic E-state index is 4.93. The molecule has 0 saturated carbocycles. The van der Waals surface area contributed by atoms with E-state index in [4.69, 9.17) is 17.0 Å². The van der Waals surface area contributed by atoms with Crippen LogP contribution in [0, 0.1) is 0 Å². The Labute approximate surface area is 188 Å². The normalized spacial score (nSPS) is 24.2. The van der Waals surface area contributed by atoms with Crippen LogP contribution in [0.25, 0.3) is 16.8 Å². The predicted molar refractivity (Wildman–Crippen MR) is 123 cm³/mol. The van der Waals surface area contributed by atoms with Crippen LogP contribution in [0.15, 0.2) is 66.7 Å². The molecule has 0 saturated heterocycles. The molecule has 0 spiro atoms. The summed E-state index contributed by atoms with van der Waals surface area (Å²) in [6, 6.07) is 22.9. The molecule has 0 N–H and O–H groups in total. The van der Waals surface area contributed by atoms with Crippen LogP contribution in [0.2, 0.25) is 13.1 Å². The molecule has 0 aliphatic heterocycles. The quantitative estimate of drug-likeness (QED) is 0.320. The van der Waals surface area contributed by atoms with Crippen molar-refractivity contribution in [2.24, 2.45) is 0 Å². The summed E-state index contributed by atoms with van der Waals surface area (Å²) in [7, 11) is 8.85. The Balaban J connectivity index is 0.000000604. The van der Waals surface area contributed by atoms with Gasteiger partial charge in [0.1, 0.15) is 0 Å². The maximum absolute atomic E-state index is 4.93. The third-order valence-corrected chi connectivity index (χ3v) is 9.50. The van der Waals surface area contributed by atoms with Crippen molar-refractivity contribution in [2.75, 3.05) is 0 Å². The second-order valence-electron chi connectivity index (χ2n) is 8.14. The Morgan fingerprint density at radius 1 is 0.893 bits per heavy atom. The third kappa shape index (κ3) is 3.03. The number of hydrogen-bond donors (Lipinski definition) is 0. The van der Waals surface area contributed by atoms with E-state index < -0.39 is 29.6 Å². The summed E-state index contributed by atoms with van der Waals surface area (Å²) in [5.41, 5.74) is 6.12. The van der Waals surface area contributed by atoms with E-state index in [1.165, 1.54) is 16.3 Å². The molecule has 5 rings (SSSR count). The van der Waals surface area contributed by atoms with Gasteiger partial charge in [-0.05, 0) is 38.9 Å². The number of fused-ring (bicyclic) bond motifs is 1. The van der Waals surface area contributed by atoms with Gasteiger partial charge in [0.15, 0.2) is 0 Å². The van der Waals surface area contributed by atoms with Crippen molar-refractivity contribution in [2.45, 2.75) is 36.9 Å². The standard InChI is InChI=1S/C24H24Si.2ClH.Zr/c1-16-19-11-6-9-18-10-7-12-20(22(18)19)23(16)24(25(2)3)15-14-17-8-4-5-13-21(17)24;;;/h4-16,23,25H,1-3H3;2*1H;/q;;;+2/p-2. The van der Waals surface area contributed by atoms with Crippen LogP contribution in [0.4, 0.5) is 0 Å². The van der Waals surface area contributed by atoms with Crippen molar-refractivity contribution in [3.05, 3.63) is 89.0 Å². The van der Waals surface area contributed by atoms with Gasteiger partial charge < -0.3 is 0 Å². The van der Waals surface area contributed by atoms with Crippen molar-refractivity contribution in [1.82, 2.24) is 0 Å². The predicted octanol–water partition coefficient (Wildman–Crippen LogP) is 7.41. The van der Waals surface area contributed by atoms with Gasteiger partial charge in [0.25, 0.3) is 0 Å². The minimum absolute atomic E-state index is 0.212. The molecule has 0 amide bonds. The molecule has 0 heterocycles. The average Bonchev–Trinajstić information content (AvgIpc) is 3.21. The zero-order chi connectivity index (χ0) is 19.9. The molecule has 4 heteroatoms. The number of rotatable bonds is 2. The van der Waals surface area contributed by atoms with Gasteiger partial charge in [-0.15, -0.1) is 0 Å². The van der Waals surface area contributed by atoms with E-state index >= 15 is 0 Å². The van der Waals surface area contributed by atoms with E-state index in [-0.39, 0.29) is 5.04 Å². The monoisotopic (exact) mass is 500 g/mol. The van der Waals surface area contributed by atoms with Crippen molar-refractivity contribution in [3.8, 4) is 0 Å². The molecule has 28 heavy (non-hydrogen) atoms. The number of benzene rings is 3. The molecule has 3 aromatic carbocycles. The molecule has 0 bridgehead atoms. The first kappa shape index (κ1) is 20.6. The topological polar surface area (TPSA) is 0 Å². The van der Waals surface area contributed by atoms with E-state index in [0.29, 0.717) is 11.8 Å². The van der Waals surface area contributed by atoms with Crippen molar-refractivity contribution < 1.29 is 20.8 Å². The molecule has 0 radical (unpaired) electrons. The molecule has 3 aromatic rings. The van der Waals surface area contributed by atoms with Crippen molar-refractivity contribution in [1.29, 1.82) is 0 Å². The fourth-order valence-corrected chi connectivity index (χ4v) is 8.20. The Hall–Kier alpha value is -0.660. The van der Waals surface area contributed by atoms with E-state index in [1.54, 1.807) is 16.7 Å². The van der Waals surface area contributed by atoms with Gasteiger partial charge in [-0.2, -0.15) is 0 Å². The Morgan fingerprint density at radius 2 is 1.54 bits per heavy atom. The first-order chi connectivity index (χ1) is 13.6. The van der Waals surface area contributed by atoms with E-state index in [9.17, 15) is 0 Å². The van der Waals surface area contributed by atoms with Crippen LogP contribution in [0.3, 0.4) is 0 Å². The molecule has 2 aliphatic rings. The SMILES string of the molecule is CC1c2cccc3cccc(c23)C1C1([SiH](C)C)C=Cc2ccccc21.[Cl][Zr][Cl]. The van der Waals surface area contributed by atoms with Gasteiger partial charge in [0, 0.05) is 19.8 Å². The van der Waals surface area contributed by atoms with Gasteiger partial charge in [0.2, 0.25) is 0 Å². The summed E-state index contributed by atoms with van der Waals surface area (Å²) in [5, 5.41) is 3.14. The molecule has 142 valence electrons. The second kappa shape index (κ2) is 8.23. The molecular weight excluding hydrogens is 478 g/mol. The summed E-state index contributed by atoms with van der Waals surface area (Å²) in [6.07, 6.45) is 4.96. The second-order valence-corrected chi connectivity index (χ2v) is 15.1. The van der Waals surface area contributed by atoms with Gasteiger partial charge in [-0.3, -0.25) is 0 Å². The minimum atomic E-state index is -1.01. The van der Waals surface area contributed by atoms with Crippen LogP contribution in [0.1, 0.15) is 41.0 Å². The van der Waals surface area contributed by atoms with Crippen LogP contribution in [-0.4, -0.2) is 8.80 Å². The molecular formula is C24H24Cl2SiZr. The molecule has 0 aromatic heterocycles. The fraction of sp³-hybridized carbons (Fsp3) is 0.250. The van der Waals surface area contributed by atoms with Crippen molar-refractivity contribution >= 4 is 42.7 Å². The summed E-state index contributed by atoms with van der Waals surface area (Å²) in [4.78, 5) is 0. The summed E-state index contributed by atoms with van der Waals surface area (Å²) in [6.45, 7) is 7.51. The van der Waals surface area contributed by atoms with Crippen LogP contribution in [0.5, 0.6) is 0 Å². The Morgan fingerprint density at radius 3 is 2.21 bits per heavy atom. The molecule has 0 nitrogen and oxygen atoms in total. The first-order valence-electron chi connectivity index (χ1n) is 9.82. The van der Waals surface area contributed by atoms with Crippen LogP contribution < -0.4 is 0 Å². The summed E-state index contributed by atoms with van der Waals surface area (Å²) in [5.74, 6) is 1.12. The average molecular weight is 503 g/mol. The zero-order valence-corrected chi connectivity index (χ0v) is 21.5. The third-order valence-electron chi connectivity index (χ3n) is 6.73.